The fraction of sp³-hybridized carbons (Fsp3) is 0.750. The van der Waals surface area contributed by atoms with Crippen molar-refractivity contribution in [3.63, 3.8) is 0 Å². The number of phosphoric acid groups is 1. The summed E-state index contributed by atoms with van der Waals surface area (Å²) in [4.78, 5) is 22.6. The molecule has 0 aliphatic heterocycles. The lowest BCUT2D eigenvalue weighted by Gasteiger charge is -2.20. The number of allylic oxidation sites excluding steroid dienone is 10. The van der Waals surface area contributed by atoms with Crippen molar-refractivity contribution >= 4 is 13.8 Å². The maximum Gasteiger partial charge on any atom is 0.472 e. The summed E-state index contributed by atoms with van der Waals surface area (Å²) in [6, 6.07) is 0. The monoisotopic (exact) mass is 783 g/mol. The number of phosphoric ester groups is 1. The highest BCUT2D eigenvalue weighted by atomic mass is 31.2. The number of esters is 1. The van der Waals surface area contributed by atoms with Gasteiger partial charge < -0.3 is 24.6 Å². The van der Waals surface area contributed by atoms with Gasteiger partial charge in [0.25, 0.3) is 0 Å². The first-order chi connectivity index (χ1) is 26.3. The van der Waals surface area contributed by atoms with Crippen molar-refractivity contribution in [2.75, 3.05) is 33.0 Å². The molecule has 0 aliphatic rings. The molecule has 0 bridgehead atoms. The van der Waals surface area contributed by atoms with Gasteiger partial charge in [-0.15, -0.1) is 0 Å². The molecule has 314 valence electrons. The van der Waals surface area contributed by atoms with E-state index in [1.807, 2.05) is 0 Å². The second kappa shape index (κ2) is 40.8. The van der Waals surface area contributed by atoms with Crippen molar-refractivity contribution in [3.8, 4) is 0 Å². The van der Waals surface area contributed by atoms with Gasteiger partial charge in [-0.25, -0.2) is 4.57 Å². The van der Waals surface area contributed by atoms with Crippen molar-refractivity contribution in [1.82, 2.24) is 0 Å². The van der Waals surface area contributed by atoms with Gasteiger partial charge in [0.15, 0.2) is 0 Å². The van der Waals surface area contributed by atoms with E-state index in [0.29, 0.717) is 13.0 Å². The van der Waals surface area contributed by atoms with Crippen molar-refractivity contribution in [3.05, 3.63) is 60.8 Å². The van der Waals surface area contributed by atoms with E-state index in [1.54, 1.807) is 0 Å². The molecule has 0 aromatic rings. The number of unbranched alkanes of at least 4 members (excludes halogenated alkanes) is 16. The first-order valence-corrected chi connectivity index (χ1v) is 22.8. The topological polar surface area (TPSA) is 132 Å². The Labute approximate surface area is 330 Å². The van der Waals surface area contributed by atoms with Gasteiger partial charge in [-0.1, -0.05) is 145 Å². The number of aliphatic hydroxyl groups is 2. The van der Waals surface area contributed by atoms with E-state index in [2.05, 4.69) is 74.6 Å². The molecule has 0 heterocycles. The fourth-order valence-electron chi connectivity index (χ4n) is 5.46. The average Bonchev–Trinajstić information content (AvgIpc) is 3.16. The summed E-state index contributed by atoms with van der Waals surface area (Å²) in [5, 5.41) is 18.3. The highest BCUT2D eigenvalue weighted by Gasteiger charge is 2.26. The summed E-state index contributed by atoms with van der Waals surface area (Å²) in [5.74, 6) is -0.401. The molecule has 3 N–H and O–H groups in total. The third-order valence-electron chi connectivity index (χ3n) is 8.69. The molecular formula is C44H79O9P. The van der Waals surface area contributed by atoms with Crippen molar-refractivity contribution in [2.45, 2.75) is 180 Å². The van der Waals surface area contributed by atoms with Crippen LogP contribution in [0.5, 0.6) is 0 Å². The summed E-state index contributed by atoms with van der Waals surface area (Å²) >= 11 is 0. The Morgan fingerprint density at radius 3 is 1.61 bits per heavy atom. The van der Waals surface area contributed by atoms with E-state index >= 15 is 0 Å². The average molecular weight is 783 g/mol. The maximum atomic E-state index is 12.6. The molecule has 3 unspecified atom stereocenters. The summed E-state index contributed by atoms with van der Waals surface area (Å²) < 4.78 is 33.3. The van der Waals surface area contributed by atoms with Crippen molar-refractivity contribution < 1.29 is 43.0 Å². The van der Waals surface area contributed by atoms with Crippen LogP contribution in [0.2, 0.25) is 0 Å². The number of hydrogen-bond acceptors (Lipinski definition) is 8. The first kappa shape index (κ1) is 52.2. The van der Waals surface area contributed by atoms with Crippen LogP contribution in [0.3, 0.4) is 0 Å². The minimum atomic E-state index is -4.53. The van der Waals surface area contributed by atoms with Gasteiger partial charge >= 0.3 is 13.8 Å². The minimum Gasteiger partial charge on any atom is -0.457 e. The van der Waals surface area contributed by atoms with Crippen LogP contribution in [0.4, 0.5) is 0 Å². The van der Waals surface area contributed by atoms with Gasteiger partial charge in [0.1, 0.15) is 12.2 Å². The Morgan fingerprint density at radius 1 is 0.593 bits per heavy atom. The van der Waals surface area contributed by atoms with Crippen molar-refractivity contribution in [2.24, 2.45) is 0 Å². The lowest BCUT2D eigenvalue weighted by molar-refractivity contribution is -0.154. The lowest BCUT2D eigenvalue weighted by Crippen LogP contribution is -2.29. The number of rotatable bonds is 40. The Hall–Kier alpha value is -1.84. The molecule has 0 saturated carbocycles. The van der Waals surface area contributed by atoms with Gasteiger partial charge in [0.05, 0.1) is 26.4 Å². The Bertz CT molecular complexity index is 1020. The SMILES string of the molecule is CC/C=C\C/C=C\C/C=C\C/C=C\CCCCCOCC(COP(=O)(O)OCC(O)CO)OC(=O)CCCCCCCCC/C=C\CCCCCCCC. The smallest absolute Gasteiger partial charge is 0.457 e. The second-order valence-electron chi connectivity index (χ2n) is 14.0. The molecule has 0 rings (SSSR count). The predicted molar refractivity (Wildman–Crippen MR) is 223 cm³/mol. The number of carbonyl (C=O) groups is 1. The number of aliphatic hydroxyl groups excluding tert-OH is 2. The molecule has 0 radical (unpaired) electrons. The van der Waals surface area contributed by atoms with Gasteiger partial charge in [-0.2, -0.15) is 0 Å². The molecule has 0 aromatic carbocycles. The predicted octanol–water partition coefficient (Wildman–Crippen LogP) is 11.6. The molecule has 9 nitrogen and oxygen atoms in total. The van der Waals surface area contributed by atoms with Crippen LogP contribution in [0.15, 0.2) is 60.8 Å². The molecule has 54 heavy (non-hydrogen) atoms. The Morgan fingerprint density at radius 2 is 1.06 bits per heavy atom. The lowest BCUT2D eigenvalue weighted by atomic mass is 10.1. The van der Waals surface area contributed by atoms with E-state index in [1.165, 1.54) is 64.2 Å². The van der Waals surface area contributed by atoms with Crippen LogP contribution in [-0.4, -0.2) is 66.3 Å². The van der Waals surface area contributed by atoms with Crippen LogP contribution in [0, 0.1) is 0 Å². The summed E-state index contributed by atoms with van der Waals surface area (Å²) in [6.07, 6.45) is 46.1. The van der Waals surface area contributed by atoms with E-state index in [0.717, 1.165) is 77.0 Å². The van der Waals surface area contributed by atoms with Crippen LogP contribution in [0.1, 0.15) is 168 Å². The Kier molecular flexibility index (Phi) is 39.4. The zero-order valence-corrected chi connectivity index (χ0v) is 35.1. The molecule has 0 spiro atoms. The second-order valence-corrected chi connectivity index (χ2v) is 15.4. The third-order valence-corrected chi connectivity index (χ3v) is 9.64. The van der Waals surface area contributed by atoms with Crippen LogP contribution in [-0.2, 0) is 27.9 Å². The van der Waals surface area contributed by atoms with Crippen LogP contribution in [0.25, 0.3) is 0 Å². The molecule has 10 heteroatoms. The molecule has 3 atom stereocenters. The Balaban J connectivity index is 4.25. The van der Waals surface area contributed by atoms with E-state index in [9.17, 15) is 19.4 Å². The van der Waals surface area contributed by atoms with Crippen molar-refractivity contribution in [1.29, 1.82) is 0 Å². The summed E-state index contributed by atoms with van der Waals surface area (Å²) in [5.41, 5.74) is 0. The van der Waals surface area contributed by atoms with E-state index in [4.69, 9.17) is 23.6 Å². The number of hydrogen-bond donors (Lipinski definition) is 3. The number of ether oxygens (including phenoxy) is 2. The molecule has 0 amide bonds. The standard InChI is InChI=1S/C44H79O9P/c1-3-5-7-9-11-13-15-17-19-21-22-24-26-28-30-32-34-36-44(47)53-43(41-52-54(48,49)51-39-42(46)38-45)40-50-37-35-33-31-29-27-25-23-20-18-16-14-12-10-8-6-4-2/h6,8,12,14,17-20,25,27,42-43,45-46H,3-5,7,9-11,13,15-16,21-24,26,28-41H2,1-2H3,(H,48,49)/b8-6-,14-12-,19-17-,20-18-,27-25-. The quantitative estimate of drug-likeness (QED) is 0.0240. The van der Waals surface area contributed by atoms with Gasteiger partial charge in [-0.05, 0) is 77.0 Å². The maximum absolute atomic E-state index is 12.6. The minimum absolute atomic E-state index is 0.0239. The van der Waals surface area contributed by atoms with Crippen LogP contribution < -0.4 is 0 Å². The summed E-state index contributed by atoms with van der Waals surface area (Å²) in [7, 11) is -4.53. The highest BCUT2D eigenvalue weighted by molar-refractivity contribution is 7.47. The van der Waals surface area contributed by atoms with Gasteiger partial charge in [0, 0.05) is 13.0 Å². The van der Waals surface area contributed by atoms with E-state index in [-0.39, 0.29) is 13.0 Å². The van der Waals surface area contributed by atoms with Crippen LogP contribution >= 0.6 is 7.82 Å². The summed E-state index contributed by atoms with van der Waals surface area (Å²) in [6.45, 7) is 3.31. The van der Waals surface area contributed by atoms with E-state index < -0.39 is 45.8 Å². The first-order valence-electron chi connectivity index (χ1n) is 21.3. The molecule has 0 aliphatic carbocycles. The number of carbonyl (C=O) groups excluding carboxylic acids is 1. The fourth-order valence-corrected chi connectivity index (χ4v) is 6.25. The molecule has 0 saturated heterocycles. The third kappa shape index (κ3) is 39.8. The molecule has 0 fully saturated rings. The normalized spacial score (nSPS) is 14.7. The molecular weight excluding hydrogens is 703 g/mol. The zero-order valence-electron chi connectivity index (χ0n) is 34.2. The van der Waals surface area contributed by atoms with Gasteiger partial charge in [-0.3, -0.25) is 13.8 Å². The zero-order chi connectivity index (χ0) is 39.6. The molecule has 0 aromatic heterocycles. The largest absolute Gasteiger partial charge is 0.472 e. The highest BCUT2D eigenvalue weighted by Crippen LogP contribution is 2.43. The van der Waals surface area contributed by atoms with Gasteiger partial charge in [0.2, 0.25) is 0 Å².